The van der Waals surface area contributed by atoms with Crippen molar-refractivity contribution in [2.45, 2.75) is 18.8 Å². The van der Waals surface area contributed by atoms with Crippen molar-refractivity contribution in [1.29, 1.82) is 0 Å². The summed E-state index contributed by atoms with van der Waals surface area (Å²) in [7, 11) is 0. The van der Waals surface area contributed by atoms with Gasteiger partial charge in [0.25, 0.3) is 0 Å². The Morgan fingerprint density at radius 1 is 1.28 bits per heavy atom. The van der Waals surface area contributed by atoms with Crippen LogP contribution in [0.4, 0.5) is 8.78 Å². The van der Waals surface area contributed by atoms with E-state index in [1.54, 1.807) is 0 Å². The van der Waals surface area contributed by atoms with Crippen LogP contribution in [0, 0.1) is 17.6 Å². The quantitative estimate of drug-likeness (QED) is 0.870. The SMILES string of the molecule is O=C(O)C(c1ccc(F)c(F)c1)C1CCNCC1. The first-order valence-corrected chi connectivity index (χ1v) is 5.98. The number of nitrogens with one attached hydrogen (secondary N) is 1. The highest BCUT2D eigenvalue weighted by Crippen LogP contribution is 2.32. The van der Waals surface area contributed by atoms with Crippen LogP contribution in [0.15, 0.2) is 18.2 Å². The largest absolute Gasteiger partial charge is 0.481 e. The summed E-state index contributed by atoms with van der Waals surface area (Å²) in [6, 6.07) is 3.34. The molecule has 0 bridgehead atoms. The van der Waals surface area contributed by atoms with Gasteiger partial charge in [-0.05, 0) is 49.5 Å². The third kappa shape index (κ3) is 2.67. The molecule has 1 aliphatic heterocycles. The predicted octanol–water partition coefficient (Wildman–Crippen LogP) is 2.13. The van der Waals surface area contributed by atoms with Crippen molar-refractivity contribution >= 4 is 5.97 Å². The maximum absolute atomic E-state index is 13.2. The van der Waals surface area contributed by atoms with E-state index >= 15 is 0 Å². The fourth-order valence-electron chi connectivity index (χ4n) is 2.50. The topological polar surface area (TPSA) is 49.3 Å². The maximum Gasteiger partial charge on any atom is 0.311 e. The first-order valence-electron chi connectivity index (χ1n) is 5.98. The van der Waals surface area contributed by atoms with Crippen molar-refractivity contribution in [3.05, 3.63) is 35.4 Å². The molecule has 0 aromatic heterocycles. The van der Waals surface area contributed by atoms with Crippen LogP contribution in [0.5, 0.6) is 0 Å². The van der Waals surface area contributed by atoms with Gasteiger partial charge < -0.3 is 10.4 Å². The van der Waals surface area contributed by atoms with Gasteiger partial charge in [0.15, 0.2) is 11.6 Å². The first-order chi connectivity index (χ1) is 8.59. The number of benzene rings is 1. The Morgan fingerprint density at radius 2 is 1.94 bits per heavy atom. The highest BCUT2D eigenvalue weighted by Gasteiger charge is 2.31. The summed E-state index contributed by atoms with van der Waals surface area (Å²) >= 11 is 0. The molecule has 1 aromatic carbocycles. The van der Waals surface area contributed by atoms with Crippen molar-refractivity contribution in [3.63, 3.8) is 0 Å². The minimum atomic E-state index is -0.993. The molecule has 1 unspecified atom stereocenters. The number of aliphatic carboxylic acids is 1. The van der Waals surface area contributed by atoms with Gasteiger partial charge in [-0.3, -0.25) is 4.79 Å². The van der Waals surface area contributed by atoms with Crippen molar-refractivity contribution in [1.82, 2.24) is 5.32 Å². The fraction of sp³-hybridized carbons (Fsp3) is 0.462. The van der Waals surface area contributed by atoms with E-state index in [4.69, 9.17) is 0 Å². The van der Waals surface area contributed by atoms with Crippen LogP contribution in [0.25, 0.3) is 0 Å². The number of carboxylic acid groups (broad SMARTS) is 1. The summed E-state index contributed by atoms with van der Waals surface area (Å²) in [5.74, 6) is -3.72. The van der Waals surface area contributed by atoms with Crippen LogP contribution in [-0.4, -0.2) is 24.2 Å². The molecule has 2 rings (SSSR count). The standard InChI is InChI=1S/C13H15F2NO2/c14-10-2-1-9(7-11(10)15)12(13(17)18)8-3-5-16-6-4-8/h1-2,7-8,12,16H,3-6H2,(H,17,18). The molecule has 2 N–H and O–H groups in total. The predicted molar refractivity (Wildman–Crippen MR) is 62.3 cm³/mol. The van der Waals surface area contributed by atoms with E-state index in [1.165, 1.54) is 6.07 Å². The zero-order chi connectivity index (χ0) is 13.1. The normalized spacial score (nSPS) is 18.6. The van der Waals surface area contributed by atoms with Gasteiger partial charge in [0, 0.05) is 0 Å². The van der Waals surface area contributed by atoms with E-state index in [1.807, 2.05) is 0 Å². The summed E-state index contributed by atoms with van der Waals surface area (Å²) < 4.78 is 26.1. The molecule has 0 spiro atoms. The van der Waals surface area contributed by atoms with Gasteiger partial charge in [0.05, 0.1) is 5.92 Å². The molecule has 0 saturated carbocycles. The number of piperidine rings is 1. The zero-order valence-electron chi connectivity index (χ0n) is 9.83. The maximum atomic E-state index is 13.2. The number of hydrogen-bond donors (Lipinski definition) is 2. The van der Waals surface area contributed by atoms with E-state index in [0.717, 1.165) is 38.1 Å². The number of hydrogen-bond acceptors (Lipinski definition) is 2. The lowest BCUT2D eigenvalue weighted by Crippen LogP contribution is -2.33. The second-order valence-corrected chi connectivity index (χ2v) is 4.58. The molecule has 1 atom stereocenters. The van der Waals surface area contributed by atoms with Gasteiger partial charge in [0.2, 0.25) is 0 Å². The van der Waals surface area contributed by atoms with Gasteiger partial charge in [-0.2, -0.15) is 0 Å². The fourth-order valence-corrected chi connectivity index (χ4v) is 2.50. The number of halogens is 2. The van der Waals surface area contributed by atoms with E-state index < -0.39 is 23.5 Å². The van der Waals surface area contributed by atoms with Crippen LogP contribution < -0.4 is 5.32 Å². The second kappa shape index (κ2) is 5.44. The second-order valence-electron chi connectivity index (χ2n) is 4.58. The summed E-state index contributed by atoms with van der Waals surface area (Å²) in [6.07, 6.45) is 1.46. The number of carbonyl (C=O) groups is 1. The monoisotopic (exact) mass is 255 g/mol. The third-order valence-electron chi connectivity index (χ3n) is 3.42. The van der Waals surface area contributed by atoms with Crippen LogP contribution in [0.2, 0.25) is 0 Å². The Kier molecular flexibility index (Phi) is 3.91. The van der Waals surface area contributed by atoms with Gasteiger partial charge in [-0.1, -0.05) is 6.07 Å². The van der Waals surface area contributed by atoms with Crippen molar-refractivity contribution in [2.24, 2.45) is 5.92 Å². The molecule has 5 heteroatoms. The highest BCUT2D eigenvalue weighted by atomic mass is 19.2. The molecule has 0 radical (unpaired) electrons. The Bertz CT molecular complexity index is 445. The van der Waals surface area contributed by atoms with Crippen LogP contribution in [0.1, 0.15) is 24.3 Å². The molecule has 1 aliphatic rings. The minimum absolute atomic E-state index is 0.0337. The Labute approximate surface area is 104 Å². The zero-order valence-corrected chi connectivity index (χ0v) is 9.83. The molecule has 0 aliphatic carbocycles. The number of rotatable bonds is 3. The smallest absolute Gasteiger partial charge is 0.311 e. The molecule has 0 amide bonds. The van der Waals surface area contributed by atoms with Crippen molar-refractivity contribution < 1.29 is 18.7 Å². The molecule has 18 heavy (non-hydrogen) atoms. The summed E-state index contributed by atoms with van der Waals surface area (Å²) in [6.45, 7) is 1.52. The number of carboxylic acids is 1. The molecule has 1 fully saturated rings. The Hall–Kier alpha value is -1.49. The molecule has 1 heterocycles. The lowest BCUT2D eigenvalue weighted by Gasteiger charge is -2.28. The molecular weight excluding hydrogens is 240 g/mol. The average Bonchev–Trinajstić information content (AvgIpc) is 2.35. The summed E-state index contributed by atoms with van der Waals surface area (Å²) in [5.41, 5.74) is 0.341. The molecule has 3 nitrogen and oxygen atoms in total. The third-order valence-corrected chi connectivity index (χ3v) is 3.42. The molecule has 1 aromatic rings. The lowest BCUT2D eigenvalue weighted by atomic mass is 9.80. The van der Waals surface area contributed by atoms with Gasteiger partial charge in [-0.25, -0.2) is 8.78 Å². The molecule has 98 valence electrons. The molecular formula is C13H15F2NO2. The lowest BCUT2D eigenvalue weighted by molar-refractivity contribution is -0.140. The van der Waals surface area contributed by atoms with Crippen molar-refractivity contribution in [3.8, 4) is 0 Å². The van der Waals surface area contributed by atoms with E-state index in [2.05, 4.69) is 5.32 Å². The highest BCUT2D eigenvalue weighted by molar-refractivity contribution is 5.76. The Balaban J connectivity index is 2.28. The summed E-state index contributed by atoms with van der Waals surface area (Å²) in [4.78, 5) is 11.4. The van der Waals surface area contributed by atoms with Crippen molar-refractivity contribution in [2.75, 3.05) is 13.1 Å². The first kappa shape index (κ1) is 13.0. The van der Waals surface area contributed by atoms with Gasteiger partial charge in [-0.15, -0.1) is 0 Å². The van der Waals surface area contributed by atoms with Gasteiger partial charge in [0.1, 0.15) is 0 Å². The van der Waals surface area contributed by atoms with E-state index in [0.29, 0.717) is 5.56 Å². The average molecular weight is 255 g/mol. The van der Waals surface area contributed by atoms with Crippen LogP contribution in [0.3, 0.4) is 0 Å². The van der Waals surface area contributed by atoms with E-state index in [-0.39, 0.29) is 5.92 Å². The van der Waals surface area contributed by atoms with Crippen LogP contribution >= 0.6 is 0 Å². The molecule has 1 saturated heterocycles. The van der Waals surface area contributed by atoms with Crippen LogP contribution in [-0.2, 0) is 4.79 Å². The van der Waals surface area contributed by atoms with E-state index in [9.17, 15) is 18.7 Å². The Morgan fingerprint density at radius 3 is 2.50 bits per heavy atom. The van der Waals surface area contributed by atoms with Gasteiger partial charge >= 0.3 is 5.97 Å². The summed E-state index contributed by atoms with van der Waals surface area (Å²) in [5, 5.41) is 12.5. The minimum Gasteiger partial charge on any atom is -0.481 e.